The second-order valence-electron chi connectivity index (χ2n) is 4.69. The van der Waals surface area contributed by atoms with E-state index in [9.17, 15) is 4.79 Å². The SMILES string of the molecule is CCCCCSCCC[CH]NC(=O)CCCCC. The Bertz CT molecular complexity index is 185. The maximum absolute atomic E-state index is 11.4. The van der Waals surface area contributed by atoms with Gasteiger partial charge in [-0.05, 0) is 37.2 Å². The Hall–Kier alpha value is -0.180. The van der Waals surface area contributed by atoms with Crippen molar-refractivity contribution >= 4 is 17.7 Å². The molecule has 0 atom stereocenters. The summed E-state index contributed by atoms with van der Waals surface area (Å²) in [7, 11) is 0. The van der Waals surface area contributed by atoms with E-state index in [1.54, 1.807) is 0 Å². The minimum Gasteiger partial charge on any atom is -0.351 e. The molecule has 1 radical (unpaired) electrons. The number of hydrogen-bond acceptors (Lipinski definition) is 2. The first-order chi connectivity index (χ1) is 8.81. The molecule has 3 heteroatoms. The zero-order chi connectivity index (χ0) is 13.5. The van der Waals surface area contributed by atoms with Gasteiger partial charge in [0.25, 0.3) is 0 Å². The molecule has 0 saturated heterocycles. The molecule has 0 bridgehead atoms. The highest BCUT2D eigenvalue weighted by atomic mass is 32.2. The molecule has 0 spiro atoms. The van der Waals surface area contributed by atoms with Gasteiger partial charge in [-0.2, -0.15) is 11.8 Å². The number of carbonyl (C=O) groups is 1. The van der Waals surface area contributed by atoms with Gasteiger partial charge in [0.05, 0.1) is 0 Å². The van der Waals surface area contributed by atoms with Crippen LogP contribution in [0.2, 0.25) is 0 Å². The Morgan fingerprint density at radius 2 is 1.67 bits per heavy atom. The van der Waals surface area contributed by atoms with E-state index in [-0.39, 0.29) is 5.91 Å². The minimum absolute atomic E-state index is 0.180. The van der Waals surface area contributed by atoms with Gasteiger partial charge in [-0.1, -0.05) is 39.5 Å². The van der Waals surface area contributed by atoms with Crippen LogP contribution in [0, 0.1) is 6.54 Å². The van der Waals surface area contributed by atoms with Gasteiger partial charge in [-0.3, -0.25) is 4.79 Å². The smallest absolute Gasteiger partial charge is 0.220 e. The molecule has 0 unspecified atom stereocenters. The van der Waals surface area contributed by atoms with Crippen LogP contribution in [-0.4, -0.2) is 17.4 Å². The lowest BCUT2D eigenvalue weighted by molar-refractivity contribution is -0.120. The van der Waals surface area contributed by atoms with Crippen LogP contribution in [0.4, 0.5) is 0 Å². The first kappa shape index (κ1) is 17.8. The number of nitrogens with one attached hydrogen (secondary N) is 1. The Labute approximate surface area is 118 Å². The molecule has 2 nitrogen and oxygen atoms in total. The van der Waals surface area contributed by atoms with Crippen molar-refractivity contribution in [2.45, 2.75) is 71.6 Å². The van der Waals surface area contributed by atoms with Crippen molar-refractivity contribution in [3.8, 4) is 0 Å². The van der Waals surface area contributed by atoms with Crippen molar-refractivity contribution < 1.29 is 4.79 Å². The molecule has 0 aliphatic heterocycles. The van der Waals surface area contributed by atoms with E-state index >= 15 is 0 Å². The summed E-state index contributed by atoms with van der Waals surface area (Å²) in [6.45, 7) is 6.33. The third kappa shape index (κ3) is 13.9. The molecule has 1 amide bonds. The summed E-state index contributed by atoms with van der Waals surface area (Å²) in [5.41, 5.74) is 0. The lowest BCUT2D eigenvalue weighted by atomic mass is 10.2. The zero-order valence-electron chi connectivity index (χ0n) is 12.2. The number of unbranched alkanes of at least 4 members (excludes halogenated alkanes) is 5. The van der Waals surface area contributed by atoms with Crippen molar-refractivity contribution in [3.63, 3.8) is 0 Å². The molecule has 0 heterocycles. The molecular weight excluding hydrogens is 242 g/mol. The number of thioether (sulfide) groups is 1. The summed E-state index contributed by atoms with van der Waals surface area (Å²) < 4.78 is 0. The fourth-order valence-corrected chi connectivity index (χ4v) is 2.62. The highest BCUT2D eigenvalue weighted by Gasteiger charge is 1.99. The molecule has 0 aliphatic carbocycles. The Morgan fingerprint density at radius 3 is 2.39 bits per heavy atom. The van der Waals surface area contributed by atoms with Crippen LogP contribution in [0.15, 0.2) is 0 Å². The van der Waals surface area contributed by atoms with Crippen molar-refractivity contribution in [1.29, 1.82) is 0 Å². The third-order valence-electron chi connectivity index (χ3n) is 2.80. The summed E-state index contributed by atoms with van der Waals surface area (Å²) in [5, 5.41) is 2.88. The number of amides is 1. The molecule has 0 aliphatic rings. The molecule has 18 heavy (non-hydrogen) atoms. The van der Waals surface area contributed by atoms with E-state index in [1.807, 2.05) is 18.3 Å². The van der Waals surface area contributed by atoms with Crippen molar-refractivity contribution in [2.24, 2.45) is 0 Å². The highest BCUT2D eigenvalue weighted by molar-refractivity contribution is 7.99. The van der Waals surface area contributed by atoms with Crippen LogP contribution < -0.4 is 5.32 Å². The normalized spacial score (nSPS) is 10.6. The fraction of sp³-hybridized carbons (Fsp3) is 0.867. The predicted molar refractivity (Wildman–Crippen MR) is 82.7 cm³/mol. The second-order valence-corrected chi connectivity index (χ2v) is 5.92. The van der Waals surface area contributed by atoms with Gasteiger partial charge in [0.2, 0.25) is 5.91 Å². The van der Waals surface area contributed by atoms with Gasteiger partial charge in [0, 0.05) is 13.0 Å². The van der Waals surface area contributed by atoms with Gasteiger partial charge in [-0.15, -0.1) is 0 Å². The highest BCUT2D eigenvalue weighted by Crippen LogP contribution is 2.09. The molecular formula is C15H30NOS. The molecule has 0 aromatic rings. The zero-order valence-corrected chi connectivity index (χ0v) is 13.0. The molecule has 107 valence electrons. The quantitative estimate of drug-likeness (QED) is 0.498. The summed E-state index contributed by atoms with van der Waals surface area (Å²) in [5.74, 6) is 2.68. The average molecular weight is 272 g/mol. The Kier molecular flexibility index (Phi) is 14.7. The number of carbonyl (C=O) groups excluding carboxylic acids is 1. The summed E-state index contributed by atoms with van der Waals surface area (Å²) in [6.07, 6.45) is 10.2. The van der Waals surface area contributed by atoms with Crippen LogP contribution in [0.5, 0.6) is 0 Å². The lowest BCUT2D eigenvalue weighted by Crippen LogP contribution is -2.19. The number of rotatable bonds is 13. The summed E-state index contributed by atoms with van der Waals surface area (Å²) in [6, 6.07) is 0. The maximum Gasteiger partial charge on any atom is 0.220 e. The second kappa shape index (κ2) is 14.9. The van der Waals surface area contributed by atoms with Gasteiger partial charge >= 0.3 is 0 Å². The molecule has 0 rings (SSSR count). The lowest BCUT2D eigenvalue weighted by Gasteiger charge is -2.04. The van der Waals surface area contributed by atoms with Crippen molar-refractivity contribution in [1.82, 2.24) is 5.32 Å². The first-order valence-corrected chi connectivity index (χ1v) is 8.65. The fourth-order valence-electron chi connectivity index (χ4n) is 1.64. The van der Waals surface area contributed by atoms with Crippen LogP contribution in [0.3, 0.4) is 0 Å². The van der Waals surface area contributed by atoms with Gasteiger partial charge < -0.3 is 5.32 Å². The monoisotopic (exact) mass is 272 g/mol. The van der Waals surface area contributed by atoms with E-state index < -0.39 is 0 Å². The Balaban J connectivity index is 3.08. The molecule has 0 fully saturated rings. The van der Waals surface area contributed by atoms with E-state index in [0.29, 0.717) is 6.42 Å². The van der Waals surface area contributed by atoms with Crippen molar-refractivity contribution in [2.75, 3.05) is 11.5 Å². The van der Waals surface area contributed by atoms with Crippen LogP contribution >= 0.6 is 11.8 Å². The molecule has 0 saturated carbocycles. The van der Waals surface area contributed by atoms with Gasteiger partial charge in [0.1, 0.15) is 0 Å². The average Bonchev–Trinajstić information content (AvgIpc) is 2.37. The first-order valence-electron chi connectivity index (χ1n) is 7.50. The van der Waals surface area contributed by atoms with E-state index in [1.165, 1.54) is 43.6 Å². The van der Waals surface area contributed by atoms with Crippen molar-refractivity contribution in [3.05, 3.63) is 6.54 Å². The molecule has 0 aromatic carbocycles. The summed E-state index contributed by atoms with van der Waals surface area (Å²) in [4.78, 5) is 11.4. The van der Waals surface area contributed by atoms with Gasteiger partial charge in [0.15, 0.2) is 0 Å². The predicted octanol–water partition coefficient (Wildman–Crippen LogP) is 4.55. The molecule has 0 aromatic heterocycles. The largest absolute Gasteiger partial charge is 0.351 e. The van der Waals surface area contributed by atoms with Gasteiger partial charge in [-0.25, -0.2) is 0 Å². The van der Waals surface area contributed by atoms with Crippen LogP contribution in [0.1, 0.15) is 71.6 Å². The van der Waals surface area contributed by atoms with Crippen LogP contribution in [-0.2, 0) is 4.79 Å². The third-order valence-corrected chi connectivity index (χ3v) is 3.95. The maximum atomic E-state index is 11.4. The Morgan fingerprint density at radius 1 is 1.00 bits per heavy atom. The topological polar surface area (TPSA) is 29.1 Å². The van der Waals surface area contributed by atoms with E-state index in [2.05, 4.69) is 19.2 Å². The standard InChI is InChI=1S/C15H30NOS/c1-3-5-7-11-15(17)16-12-8-10-14-18-13-9-6-4-2/h12H,3-11,13-14H2,1-2H3,(H,16,17). The minimum atomic E-state index is 0.180. The van der Waals surface area contributed by atoms with E-state index in [0.717, 1.165) is 19.3 Å². The number of hydrogen-bond donors (Lipinski definition) is 1. The van der Waals surface area contributed by atoms with E-state index in [4.69, 9.17) is 0 Å². The van der Waals surface area contributed by atoms with Crippen LogP contribution in [0.25, 0.3) is 0 Å². The molecule has 1 N–H and O–H groups in total. The summed E-state index contributed by atoms with van der Waals surface area (Å²) >= 11 is 2.04.